The molecule has 94 valence electrons. The first-order valence-electron chi connectivity index (χ1n) is 5.83. The highest BCUT2D eigenvalue weighted by molar-refractivity contribution is 14.1. The van der Waals surface area contributed by atoms with E-state index in [9.17, 15) is 4.79 Å². The predicted molar refractivity (Wildman–Crippen MR) is 80.2 cm³/mol. The standard InChI is InChI=1S/C13H19IN2O/c1-4-15-8-9(2)13(17)16-12-7-5-6-11(14)10(12)3/h5-7,9,15H,4,8H2,1-3H3,(H,16,17). The largest absolute Gasteiger partial charge is 0.326 e. The second-order valence-electron chi connectivity index (χ2n) is 4.11. The zero-order valence-electron chi connectivity index (χ0n) is 10.5. The van der Waals surface area contributed by atoms with Gasteiger partial charge in [0.2, 0.25) is 5.91 Å². The van der Waals surface area contributed by atoms with E-state index in [0.717, 1.165) is 17.8 Å². The number of nitrogens with one attached hydrogen (secondary N) is 2. The summed E-state index contributed by atoms with van der Waals surface area (Å²) in [6, 6.07) is 5.93. The molecule has 0 bridgehead atoms. The van der Waals surface area contributed by atoms with Crippen LogP contribution < -0.4 is 10.6 Å². The summed E-state index contributed by atoms with van der Waals surface area (Å²) in [6.45, 7) is 7.59. The average molecular weight is 346 g/mol. The van der Waals surface area contributed by atoms with Crippen LogP contribution in [0.1, 0.15) is 19.4 Å². The van der Waals surface area contributed by atoms with Crippen LogP contribution in [0.5, 0.6) is 0 Å². The van der Waals surface area contributed by atoms with Crippen molar-refractivity contribution in [3.05, 3.63) is 27.3 Å². The summed E-state index contributed by atoms with van der Waals surface area (Å²) in [6.07, 6.45) is 0. The molecule has 0 fully saturated rings. The zero-order chi connectivity index (χ0) is 12.8. The average Bonchev–Trinajstić information content (AvgIpc) is 2.31. The summed E-state index contributed by atoms with van der Waals surface area (Å²) < 4.78 is 1.17. The first-order chi connectivity index (χ1) is 8.06. The van der Waals surface area contributed by atoms with Gasteiger partial charge in [-0.2, -0.15) is 0 Å². The Kier molecular flexibility index (Phi) is 5.91. The molecule has 0 radical (unpaired) electrons. The molecular weight excluding hydrogens is 327 g/mol. The molecule has 1 atom stereocenters. The van der Waals surface area contributed by atoms with E-state index in [4.69, 9.17) is 0 Å². The van der Waals surface area contributed by atoms with E-state index < -0.39 is 0 Å². The first kappa shape index (κ1) is 14.4. The van der Waals surface area contributed by atoms with Crippen molar-refractivity contribution < 1.29 is 4.79 Å². The number of hydrogen-bond acceptors (Lipinski definition) is 2. The molecule has 0 aliphatic heterocycles. The Hall–Kier alpha value is -0.620. The quantitative estimate of drug-likeness (QED) is 0.805. The van der Waals surface area contributed by atoms with Gasteiger partial charge in [-0.05, 0) is 53.8 Å². The summed E-state index contributed by atoms with van der Waals surface area (Å²) in [5.74, 6) is 0.0447. The molecule has 0 saturated carbocycles. The molecule has 17 heavy (non-hydrogen) atoms. The molecule has 1 amide bonds. The van der Waals surface area contributed by atoms with Gasteiger partial charge in [-0.15, -0.1) is 0 Å². The Morgan fingerprint density at radius 1 is 1.47 bits per heavy atom. The lowest BCUT2D eigenvalue weighted by molar-refractivity contribution is -0.119. The number of carbonyl (C=O) groups excluding carboxylic acids is 1. The Morgan fingerprint density at radius 3 is 2.82 bits per heavy atom. The fraction of sp³-hybridized carbons (Fsp3) is 0.462. The molecule has 0 aromatic heterocycles. The van der Waals surface area contributed by atoms with Crippen molar-refractivity contribution >= 4 is 34.2 Å². The van der Waals surface area contributed by atoms with Crippen molar-refractivity contribution in [1.29, 1.82) is 0 Å². The molecule has 0 aliphatic carbocycles. The summed E-state index contributed by atoms with van der Waals surface area (Å²) in [5.41, 5.74) is 2.03. The second kappa shape index (κ2) is 6.96. The molecule has 0 heterocycles. The number of benzene rings is 1. The van der Waals surface area contributed by atoms with Crippen LogP contribution in [0, 0.1) is 16.4 Å². The second-order valence-corrected chi connectivity index (χ2v) is 5.27. The summed E-state index contributed by atoms with van der Waals surface area (Å²) >= 11 is 2.27. The summed E-state index contributed by atoms with van der Waals surface area (Å²) in [4.78, 5) is 11.9. The molecule has 2 N–H and O–H groups in total. The lowest BCUT2D eigenvalue weighted by Gasteiger charge is -2.14. The van der Waals surface area contributed by atoms with Crippen molar-refractivity contribution in [2.45, 2.75) is 20.8 Å². The van der Waals surface area contributed by atoms with Crippen molar-refractivity contribution in [1.82, 2.24) is 5.32 Å². The zero-order valence-corrected chi connectivity index (χ0v) is 12.7. The van der Waals surface area contributed by atoms with Crippen LogP contribution in [-0.4, -0.2) is 19.0 Å². The van der Waals surface area contributed by atoms with Crippen molar-refractivity contribution in [2.24, 2.45) is 5.92 Å². The summed E-state index contributed by atoms with van der Waals surface area (Å²) in [5, 5.41) is 6.15. The molecule has 0 spiro atoms. The number of hydrogen-bond donors (Lipinski definition) is 2. The van der Waals surface area contributed by atoms with Crippen LogP contribution in [0.3, 0.4) is 0 Å². The maximum absolute atomic E-state index is 11.9. The maximum Gasteiger partial charge on any atom is 0.228 e. The van der Waals surface area contributed by atoms with E-state index >= 15 is 0 Å². The van der Waals surface area contributed by atoms with Gasteiger partial charge in [-0.1, -0.05) is 19.9 Å². The molecule has 1 rings (SSSR count). The molecule has 1 unspecified atom stereocenters. The van der Waals surface area contributed by atoms with Crippen LogP contribution in [0.2, 0.25) is 0 Å². The molecule has 3 nitrogen and oxygen atoms in total. The van der Waals surface area contributed by atoms with E-state index in [0.29, 0.717) is 6.54 Å². The van der Waals surface area contributed by atoms with Gasteiger partial charge in [0, 0.05) is 21.7 Å². The predicted octanol–water partition coefficient (Wildman–Crippen LogP) is 2.78. The number of amides is 1. The lowest BCUT2D eigenvalue weighted by Crippen LogP contribution is -2.30. The van der Waals surface area contributed by atoms with Crippen molar-refractivity contribution in [2.75, 3.05) is 18.4 Å². The van der Waals surface area contributed by atoms with E-state index in [1.165, 1.54) is 3.57 Å². The Balaban J connectivity index is 2.64. The SMILES string of the molecule is CCNCC(C)C(=O)Nc1cccc(I)c1C. The highest BCUT2D eigenvalue weighted by Gasteiger charge is 2.13. The maximum atomic E-state index is 11.9. The van der Waals surface area contributed by atoms with E-state index in [1.807, 2.05) is 39.0 Å². The highest BCUT2D eigenvalue weighted by atomic mass is 127. The summed E-state index contributed by atoms with van der Waals surface area (Å²) in [7, 11) is 0. The van der Waals surface area contributed by atoms with Crippen LogP contribution in [-0.2, 0) is 4.79 Å². The fourth-order valence-corrected chi connectivity index (χ4v) is 1.95. The van der Waals surface area contributed by atoms with Gasteiger partial charge in [-0.25, -0.2) is 0 Å². The molecular formula is C13H19IN2O. The van der Waals surface area contributed by atoms with Gasteiger partial charge >= 0.3 is 0 Å². The van der Waals surface area contributed by atoms with Gasteiger partial charge in [0.05, 0.1) is 0 Å². The number of anilines is 1. The minimum Gasteiger partial charge on any atom is -0.326 e. The molecule has 0 aliphatic rings. The van der Waals surface area contributed by atoms with E-state index in [-0.39, 0.29) is 11.8 Å². The number of halogens is 1. The molecule has 1 aromatic carbocycles. The van der Waals surface area contributed by atoms with E-state index in [1.54, 1.807) is 0 Å². The normalized spacial score (nSPS) is 12.2. The third kappa shape index (κ3) is 4.27. The van der Waals surface area contributed by atoms with Gasteiger partial charge in [0.25, 0.3) is 0 Å². The number of carbonyl (C=O) groups is 1. The lowest BCUT2D eigenvalue weighted by atomic mass is 10.1. The highest BCUT2D eigenvalue weighted by Crippen LogP contribution is 2.20. The Morgan fingerprint density at radius 2 is 2.18 bits per heavy atom. The fourth-order valence-electron chi connectivity index (χ4n) is 1.45. The minimum absolute atomic E-state index is 0.0211. The van der Waals surface area contributed by atoms with Crippen LogP contribution >= 0.6 is 22.6 Å². The van der Waals surface area contributed by atoms with Crippen molar-refractivity contribution in [3.63, 3.8) is 0 Å². The third-order valence-electron chi connectivity index (χ3n) is 2.67. The molecule has 4 heteroatoms. The van der Waals surface area contributed by atoms with Crippen LogP contribution in [0.25, 0.3) is 0 Å². The van der Waals surface area contributed by atoms with Crippen LogP contribution in [0.15, 0.2) is 18.2 Å². The van der Waals surface area contributed by atoms with Gasteiger partial charge < -0.3 is 10.6 Å². The van der Waals surface area contributed by atoms with Gasteiger partial charge in [0.15, 0.2) is 0 Å². The number of rotatable bonds is 5. The van der Waals surface area contributed by atoms with Crippen molar-refractivity contribution in [3.8, 4) is 0 Å². The first-order valence-corrected chi connectivity index (χ1v) is 6.90. The van der Waals surface area contributed by atoms with Gasteiger partial charge in [-0.3, -0.25) is 4.79 Å². The Labute approximate surface area is 117 Å². The topological polar surface area (TPSA) is 41.1 Å². The molecule has 1 aromatic rings. The monoisotopic (exact) mass is 346 g/mol. The smallest absolute Gasteiger partial charge is 0.228 e. The van der Waals surface area contributed by atoms with E-state index in [2.05, 4.69) is 33.2 Å². The Bertz CT molecular complexity index is 393. The van der Waals surface area contributed by atoms with Crippen LogP contribution in [0.4, 0.5) is 5.69 Å². The minimum atomic E-state index is -0.0211. The molecule has 0 saturated heterocycles. The third-order valence-corrected chi connectivity index (χ3v) is 3.84. The van der Waals surface area contributed by atoms with Gasteiger partial charge in [0.1, 0.15) is 0 Å².